The highest BCUT2D eigenvalue weighted by Gasteiger charge is 2.02. The van der Waals surface area contributed by atoms with Crippen molar-refractivity contribution in [1.29, 1.82) is 0 Å². The molecule has 3 aromatic rings. The zero-order valence-electron chi connectivity index (χ0n) is 25.1. The Balaban J connectivity index is 1.68. The summed E-state index contributed by atoms with van der Waals surface area (Å²) in [5.41, 5.74) is 6.55. The molecule has 0 spiro atoms. The minimum Gasteiger partial charge on any atom is -0.377 e. The third kappa shape index (κ3) is 12.1. The lowest BCUT2D eigenvalue weighted by Crippen LogP contribution is -1.97. The summed E-state index contributed by atoms with van der Waals surface area (Å²) in [5.74, 6) is 18.2. The van der Waals surface area contributed by atoms with Gasteiger partial charge in [-0.2, -0.15) is 0 Å². The maximum absolute atomic E-state index is 5.86. The summed E-state index contributed by atoms with van der Waals surface area (Å²) in [6.45, 7) is 6.95. The Kier molecular flexibility index (Phi) is 14.6. The van der Waals surface area contributed by atoms with Crippen molar-refractivity contribution in [2.24, 2.45) is 0 Å². The molecule has 0 saturated heterocycles. The van der Waals surface area contributed by atoms with Crippen LogP contribution in [0.5, 0.6) is 0 Å². The predicted octanol–water partition coefficient (Wildman–Crippen LogP) is 8.04. The monoisotopic (exact) mass is 555 g/mol. The maximum atomic E-state index is 5.86. The van der Waals surface area contributed by atoms with E-state index < -0.39 is 0 Å². The van der Waals surface area contributed by atoms with Crippen LogP contribution in [0.4, 0.5) is 0 Å². The Hall–Kier alpha value is -4.25. The molecule has 42 heavy (non-hydrogen) atoms. The molecule has 3 heteroatoms. The Morgan fingerprint density at radius 2 is 1.02 bits per heavy atom. The molecule has 1 aromatic heterocycles. The first-order valence-corrected chi connectivity index (χ1v) is 15.0. The van der Waals surface area contributed by atoms with Gasteiger partial charge in [0.05, 0.1) is 13.2 Å². The van der Waals surface area contributed by atoms with Crippen LogP contribution in [0.3, 0.4) is 0 Å². The van der Waals surface area contributed by atoms with Gasteiger partial charge in [-0.15, -0.1) is 12.8 Å². The summed E-state index contributed by atoms with van der Waals surface area (Å²) in [6.07, 6.45) is 20.8. The first-order valence-electron chi connectivity index (χ1n) is 15.0. The fourth-order valence-corrected chi connectivity index (χ4v) is 4.35. The van der Waals surface area contributed by atoms with E-state index in [-0.39, 0.29) is 0 Å². The normalized spacial score (nSPS) is 10.1. The van der Waals surface area contributed by atoms with Gasteiger partial charge in [-0.3, -0.25) is 0 Å². The topological polar surface area (TPSA) is 31.4 Å². The van der Waals surface area contributed by atoms with Crippen molar-refractivity contribution in [2.45, 2.75) is 78.4 Å². The molecule has 0 aliphatic heterocycles. The zero-order valence-corrected chi connectivity index (χ0v) is 25.1. The van der Waals surface area contributed by atoms with Crippen molar-refractivity contribution in [3.8, 4) is 48.4 Å². The van der Waals surface area contributed by atoms with Crippen molar-refractivity contribution < 1.29 is 9.47 Å². The fraction of sp³-hybridized carbons (Fsp3) is 0.359. The smallest absolute Gasteiger partial charge is 0.115 e. The maximum Gasteiger partial charge on any atom is 0.115 e. The van der Waals surface area contributed by atoms with Crippen LogP contribution < -0.4 is 0 Å². The Morgan fingerprint density at radius 3 is 1.45 bits per heavy atom. The molecule has 0 aliphatic rings. The van der Waals surface area contributed by atoms with Gasteiger partial charge in [0.15, 0.2) is 0 Å². The minimum atomic E-state index is 0.521. The van der Waals surface area contributed by atoms with E-state index in [1.165, 1.54) is 38.5 Å². The Morgan fingerprint density at radius 1 is 0.571 bits per heavy atom. The number of hydrogen-bond acceptors (Lipinski definition) is 3. The van der Waals surface area contributed by atoms with Crippen LogP contribution in [0.15, 0.2) is 54.6 Å². The summed E-state index contributed by atoms with van der Waals surface area (Å²) in [4.78, 5) is 4.63. The van der Waals surface area contributed by atoms with Gasteiger partial charge in [0, 0.05) is 35.5 Å². The predicted molar refractivity (Wildman–Crippen MR) is 173 cm³/mol. The van der Waals surface area contributed by atoms with Crippen LogP contribution in [0.25, 0.3) is 0 Å². The third-order valence-electron chi connectivity index (χ3n) is 6.56. The molecular weight excluding hydrogens is 514 g/mol. The number of benzene rings is 2. The summed E-state index contributed by atoms with van der Waals surface area (Å²) in [7, 11) is 0. The summed E-state index contributed by atoms with van der Waals surface area (Å²) >= 11 is 0. The molecule has 2 aromatic carbocycles. The van der Waals surface area contributed by atoms with Gasteiger partial charge in [0.1, 0.15) is 11.4 Å². The van der Waals surface area contributed by atoms with E-state index in [4.69, 9.17) is 22.3 Å². The van der Waals surface area contributed by atoms with Crippen molar-refractivity contribution in [3.05, 3.63) is 99.4 Å². The summed E-state index contributed by atoms with van der Waals surface area (Å²) < 4.78 is 11.7. The number of terminal acetylenes is 2. The third-order valence-corrected chi connectivity index (χ3v) is 6.56. The van der Waals surface area contributed by atoms with Crippen molar-refractivity contribution in [3.63, 3.8) is 0 Å². The summed E-state index contributed by atoms with van der Waals surface area (Å²) in [6, 6.07) is 17.5. The van der Waals surface area contributed by atoms with E-state index in [1.54, 1.807) is 0 Å². The number of nitrogens with zero attached hydrogens (tertiary/aromatic N) is 1. The van der Waals surface area contributed by atoms with Crippen molar-refractivity contribution in [1.82, 2.24) is 4.98 Å². The molecule has 0 saturated carbocycles. The van der Waals surface area contributed by atoms with Gasteiger partial charge in [0.2, 0.25) is 0 Å². The number of pyridine rings is 1. The van der Waals surface area contributed by atoms with Gasteiger partial charge in [-0.25, -0.2) is 4.98 Å². The van der Waals surface area contributed by atoms with E-state index in [9.17, 15) is 0 Å². The molecule has 214 valence electrons. The van der Waals surface area contributed by atoms with E-state index in [0.717, 1.165) is 59.4 Å². The van der Waals surface area contributed by atoms with E-state index >= 15 is 0 Å². The number of rotatable bonds is 14. The van der Waals surface area contributed by atoms with Crippen LogP contribution in [-0.2, 0) is 22.7 Å². The molecule has 0 bridgehead atoms. The fourth-order valence-electron chi connectivity index (χ4n) is 4.35. The first-order chi connectivity index (χ1) is 20.6. The average Bonchev–Trinajstić information content (AvgIpc) is 3.02. The van der Waals surface area contributed by atoms with Gasteiger partial charge in [0.25, 0.3) is 0 Å². The highest BCUT2D eigenvalue weighted by molar-refractivity contribution is 5.50. The Bertz CT molecular complexity index is 1390. The molecule has 0 fully saturated rings. The lowest BCUT2D eigenvalue weighted by molar-refractivity contribution is 0.116. The highest BCUT2D eigenvalue weighted by Crippen LogP contribution is 2.13. The second kappa shape index (κ2) is 19.0. The first kappa shape index (κ1) is 32.3. The second-order valence-corrected chi connectivity index (χ2v) is 10.3. The lowest BCUT2D eigenvalue weighted by atomic mass is 10.1. The largest absolute Gasteiger partial charge is 0.377 e. The molecule has 0 amide bonds. The number of hydrogen-bond donors (Lipinski definition) is 0. The molecule has 0 radical (unpaired) electrons. The van der Waals surface area contributed by atoms with Crippen LogP contribution in [0.2, 0.25) is 0 Å². The molecule has 1 heterocycles. The number of aromatic nitrogens is 1. The number of ether oxygens (including phenoxy) is 2. The average molecular weight is 556 g/mol. The lowest BCUT2D eigenvalue weighted by Gasteiger charge is -2.06. The summed E-state index contributed by atoms with van der Waals surface area (Å²) in [5, 5.41) is 0. The van der Waals surface area contributed by atoms with Crippen LogP contribution >= 0.6 is 0 Å². The van der Waals surface area contributed by atoms with Gasteiger partial charge < -0.3 is 9.47 Å². The van der Waals surface area contributed by atoms with Crippen molar-refractivity contribution >= 4 is 0 Å². The SMILES string of the molecule is C#Cc1cc(C#Cc2cccc(C#Cc3cc(C#C)cc(COCCCCCC)c3)n2)cc(COCCCCCC)c1. The molecule has 0 aliphatic carbocycles. The van der Waals surface area contributed by atoms with Crippen molar-refractivity contribution in [2.75, 3.05) is 13.2 Å². The zero-order chi connectivity index (χ0) is 29.8. The van der Waals surface area contributed by atoms with E-state index in [2.05, 4.69) is 54.4 Å². The van der Waals surface area contributed by atoms with Gasteiger partial charge in [-0.1, -0.05) is 82.1 Å². The van der Waals surface area contributed by atoms with Crippen LogP contribution in [-0.4, -0.2) is 18.2 Å². The van der Waals surface area contributed by atoms with Crippen LogP contribution in [0, 0.1) is 48.4 Å². The molecule has 0 unspecified atom stereocenters. The molecule has 0 atom stereocenters. The van der Waals surface area contributed by atoms with E-state index in [0.29, 0.717) is 24.6 Å². The molecule has 0 N–H and O–H groups in total. The highest BCUT2D eigenvalue weighted by atomic mass is 16.5. The quantitative estimate of drug-likeness (QED) is 0.149. The Labute approximate surface area is 253 Å². The molecule has 3 nitrogen and oxygen atoms in total. The molecule has 3 rings (SSSR count). The van der Waals surface area contributed by atoms with E-state index in [1.807, 2.05) is 54.6 Å². The van der Waals surface area contributed by atoms with Crippen LogP contribution in [0.1, 0.15) is 110 Å². The van der Waals surface area contributed by atoms with Gasteiger partial charge in [-0.05, 0) is 84.3 Å². The van der Waals surface area contributed by atoms with Gasteiger partial charge >= 0.3 is 0 Å². The molecular formula is C39H41NO2. The number of unbranched alkanes of at least 4 members (excludes halogenated alkanes) is 6. The standard InChI is InChI=1S/C39H41NO2/c1-5-9-11-13-22-41-30-36-26-32(7-3)24-34(28-36)18-20-38-16-15-17-39(40-38)21-19-35-25-33(8-4)27-37(29-35)31-42-23-14-12-10-6-2/h3-4,15-17,24-29H,5-6,9-14,22-23,30-31H2,1-2H3. The minimum absolute atomic E-state index is 0.521. The second-order valence-electron chi connectivity index (χ2n) is 10.3.